The number of aromatic nitrogens is 3. The molecule has 1 aliphatic heterocycles. The van der Waals surface area contributed by atoms with Gasteiger partial charge in [0.25, 0.3) is 0 Å². The molecule has 2 unspecified atom stereocenters. The van der Waals surface area contributed by atoms with Crippen LogP contribution in [0.4, 0.5) is 5.95 Å². The number of hydrogen-bond donors (Lipinski definition) is 0. The molecular formula is C10H15ClN4O. The molecule has 16 heavy (non-hydrogen) atoms. The molecule has 6 heteroatoms. The fourth-order valence-electron chi connectivity index (χ4n) is 2.12. The Kier molecular flexibility index (Phi) is 3.14. The summed E-state index contributed by atoms with van der Waals surface area (Å²) >= 11 is 5.82. The second kappa shape index (κ2) is 4.41. The monoisotopic (exact) mass is 242 g/mol. The second-order valence-corrected chi connectivity index (χ2v) is 4.57. The first kappa shape index (κ1) is 11.4. The van der Waals surface area contributed by atoms with Crippen LogP contribution in [-0.2, 0) is 0 Å². The van der Waals surface area contributed by atoms with Crippen molar-refractivity contribution >= 4 is 17.5 Å². The summed E-state index contributed by atoms with van der Waals surface area (Å²) in [4.78, 5) is 14.4. The van der Waals surface area contributed by atoms with Crippen LogP contribution in [0, 0.1) is 5.92 Å². The fraction of sp³-hybridized carbons (Fsp3) is 0.700. The molecule has 0 spiro atoms. The predicted octanol–water partition coefficient (Wildman–Crippen LogP) is 1.77. The predicted molar refractivity (Wildman–Crippen MR) is 62.0 cm³/mol. The van der Waals surface area contributed by atoms with E-state index in [-0.39, 0.29) is 11.3 Å². The largest absolute Gasteiger partial charge is 0.467 e. The maximum atomic E-state index is 5.82. The highest BCUT2D eigenvalue weighted by molar-refractivity contribution is 6.28. The van der Waals surface area contributed by atoms with Crippen molar-refractivity contribution in [2.75, 3.05) is 18.6 Å². The van der Waals surface area contributed by atoms with Gasteiger partial charge >= 0.3 is 6.01 Å². The first-order valence-corrected chi connectivity index (χ1v) is 5.70. The minimum absolute atomic E-state index is 0.175. The first-order valence-electron chi connectivity index (χ1n) is 5.32. The van der Waals surface area contributed by atoms with Gasteiger partial charge in [-0.15, -0.1) is 0 Å². The van der Waals surface area contributed by atoms with Gasteiger partial charge in [-0.1, -0.05) is 6.92 Å². The molecule has 1 aromatic rings. The van der Waals surface area contributed by atoms with Crippen LogP contribution in [0.3, 0.4) is 0 Å². The van der Waals surface area contributed by atoms with Crippen LogP contribution in [0.1, 0.15) is 20.3 Å². The molecule has 0 amide bonds. The standard InChI is InChI=1S/C10H15ClN4O/c1-6-4-7(2)15(5-6)9-12-8(11)13-10(14-9)16-3/h6-7H,4-5H2,1-3H3. The van der Waals surface area contributed by atoms with Gasteiger partial charge in [-0.2, -0.15) is 15.0 Å². The Morgan fingerprint density at radius 3 is 2.62 bits per heavy atom. The van der Waals surface area contributed by atoms with E-state index in [0.29, 0.717) is 17.9 Å². The van der Waals surface area contributed by atoms with Crippen LogP contribution in [0.2, 0.25) is 5.28 Å². The van der Waals surface area contributed by atoms with E-state index in [1.807, 2.05) is 0 Å². The van der Waals surface area contributed by atoms with Gasteiger partial charge in [0.15, 0.2) is 0 Å². The lowest BCUT2D eigenvalue weighted by molar-refractivity contribution is 0.378. The normalized spacial score (nSPS) is 24.9. The zero-order chi connectivity index (χ0) is 11.7. The Morgan fingerprint density at radius 2 is 2.06 bits per heavy atom. The van der Waals surface area contributed by atoms with Crippen molar-refractivity contribution in [3.8, 4) is 6.01 Å². The molecule has 0 N–H and O–H groups in total. The van der Waals surface area contributed by atoms with E-state index in [1.165, 1.54) is 7.11 Å². The van der Waals surface area contributed by atoms with Crippen molar-refractivity contribution in [1.82, 2.24) is 15.0 Å². The number of anilines is 1. The molecule has 2 rings (SSSR count). The van der Waals surface area contributed by atoms with E-state index in [9.17, 15) is 0 Å². The summed E-state index contributed by atoms with van der Waals surface area (Å²) in [5, 5.41) is 0.175. The summed E-state index contributed by atoms with van der Waals surface area (Å²) < 4.78 is 4.98. The van der Waals surface area contributed by atoms with Crippen LogP contribution in [0.25, 0.3) is 0 Å². The second-order valence-electron chi connectivity index (χ2n) is 4.23. The van der Waals surface area contributed by atoms with Gasteiger partial charge in [0.1, 0.15) is 0 Å². The van der Waals surface area contributed by atoms with Gasteiger partial charge in [-0.3, -0.25) is 0 Å². The lowest BCUT2D eigenvalue weighted by Gasteiger charge is -2.21. The highest BCUT2D eigenvalue weighted by atomic mass is 35.5. The minimum Gasteiger partial charge on any atom is -0.467 e. The molecule has 0 bridgehead atoms. The van der Waals surface area contributed by atoms with E-state index in [1.54, 1.807) is 0 Å². The molecule has 1 aromatic heterocycles. The van der Waals surface area contributed by atoms with Crippen LogP contribution in [0.15, 0.2) is 0 Å². The third-order valence-electron chi connectivity index (χ3n) is 2.80. The molecule has 5 nitrogen and oxygen atoms in total. The molecular weight excluding hydrogens is 228 g/mol. The molecule has 1 saturated heterocycles. The Morgan fingerprint density at radius 1 is 1.31 bits per heavy atom. The molecule has 1 fully saturated rings. The van der Waals surface area contributed by atoms with Crippen molar-refractivity contribution in [2.24, 2.45) is 5.92 Å². The van der Waals surface area contributed by atoms with E-state index >= 15 is 0 Å². The van der Waals surface area contributed by atoms with E-state index in [2.05, 4.69) is 33.7 Å². The number of rotatable bonds is 2. The van der Waals surface area contributed by atoms with Crippen molar-refractivity contribution < 1.29 is 4.74 Å². The SMILES string of the molecule is COc1nc(Cl)nc(N2CC(C)CC2C)n1. The van der Waals surface area contributed by atoms with E-state index in [4.69, 9.17) is 16.3 Å². The molecule has 2 heterocycles. The fourth-order valence-corrected chi connectivity index (χ4v) is 2.27. The number of ether oxygens (including phenoxy) is 1. The molecule has 2 atom stereocenters. The summed E-state index contributed by atoms with van der Waals surface area (Å²) in [7, 11) is 1.52. The number of hydrogen-bond acceptors (Lipinski definition) is 5. The van der Waals surface area contributed by atoms with Crippen LogP contribution >= 0.6 is 11.6 Å². The number of halogens is 1. The third kappa shape index (κ3) is 2.19. The highest BCUT2D eigenvalue weighted by Crippen LogP contribution is 2.27. The van der Waals surface area contributed by atoms with Gasteiger partial charge in [0, 0.05) is 12.6 Å². The van der Waals surface area contributed by atoms with Gasteiger partial charge in [0.05, 0.1) is 7.11 Å². The highest BCUT2D eigenvalue weighted by Gasteiger charge is 2.28. The molecule has 0 aromatic carbocycles. The van der Waals surface area contributed by atoms with Gasteiger partial charge in [0.2, 0.25) is 11.2 Å². The van der Waals surface area contributed by atoms with Crippen molar-refractivity contribution in [1.29, 1.82) is 0 Å². The minimum atomic E-state index is 0.175. The summed E-state index contributed by atoms with van der Waals surface area (Å²) in [6, 6.07) is 0.694. The van der Waals surface area contributed by atoms with Gasteiger partial charge < -0.3 is 9.64 Å². The summed E-state index contributed by atoms with van der Waals surface area (Å²) in [6.45, 7) is 5.33. The van der Waals surface area contributed by atoms with E-state index in [0.717, 1.165) is 13.0 Å². The summed E-state index contributed by atoms with van der Waals surface area (Å²) in [5.41, 5.74) is 0. The summed E-state index contributed by atoms with van der Waals surface area (Å²) in [6.07, 6.45) is 1.14. The lowest BCUT2D eigenvalue weighted by Crippen LogP contribution is -2.28. The van der Waals surface area contributed by atoms with Crippen molar-refractivity contribution in [2.45, 2.75) is 26.3 Å². The summed E-state index contributed by atoms with van der Waals surface area (Å²) in [5.74, 6) is 1.25. The smallest absolute Gasteiger partial charge is 0.322 e. The zero-order valence-electron chi connectivity index (χ0n) is 9.64. The molecule has 1 aliphatic rings. The van der Waals surface area contributed by atoms with Crippen molar-refractivity contribution in [3.63, 3.8) is 0 Å². The average molecular weight is 243 g/mol. The topological polar surface area (TPSA) is 51.1 Å². The lowest BCUT2D eigenvalue weighted by atomic mass is 10.1. The van der Waals surface area contributed by atoms with Crippen LogP contribution in [0.5, 0.6) is 6.01 Å². The molecule has 88 valence electrons. The zero-order valence-corrected chi connectivity index (χ0v) is 10.4. The maximum absolute atomic E-state index is 5.82. The van der Waals surface area contributed by atoms with Crippen molar-refractivity contribution in [3.05, 3.63) is 5.28 Å². The number of nitrogens with zero attached hydrogens (tertiary/aromatic N) is 4. The Balaban J connectivity index is 2.29. The van der Waals surface area contributed by atoms with Gasteiger partial charge in [-0.25, -0.2) is 0 Å². The molecule has 0 radical (unpaired) electrons. The van der Waals surface area contributed by atoms with E-state index < -0.39 is 0 Å². The Hall–Kier alpha value is -1.10. The average Bonchev–Trinajstić information content (AvgIpc) is 2.57. The van der Waals surface area contributed by atoms with Crippen LogP contribution < -0.4 is 9.64 Å². The maximum Gasteiger partial charge on any atom is 0.322 e. The van der Waals surface area contributed by atoms with Crippen LogP contribution in [-0.4, -0.2) is 34.6 Å². The molecule has 0 saturated carbocycles. The number of methoxy groups -OCH3 is 1. The van der Waals surface area contributed by atoms with Gasteiger partial charge in [-0.05, 0) is 30.9 Å². The Bertz CT molecular complexity index is 387. The molecule has 0 aliphatic carbocycles. The quantitative estimate of drug-likeness (QED) is 0.791. The third-order valence-corrected chi connectivity index (χ3v) is 2.97. The first-order chi connectivity index (χ1) is 7.60. The Labute approximate surface area is 99.8 Å².